The Bertz CT molecular complexity index is 1320. The monoisotopic (exact) mass is 464 g/mol. The number of carbonyl (C=O) groups is 2. The number of carbonyl (C=O) groups excluding carboxylic acids is 2. The van der Waals surface area contributed by atoms with Gasteiger partial charge in [-0.3, -0.25) is 14.3 Å². The van der Waals surface area contributed by atoms with E-state index < -0.39 is 6.04 Å². The molecule has 1 atom stereocenters. The molecular weight excluding hydrogens is 444 g/mol. The zero-order valence-electron chi connectivity index (χ0n) is 18.2. The van der Waals surface area contributed by atoms with E-state index >= 15 is 0 Å². The Labute approximate surface area is 194 Å². The van der Waals surface area contributed by atoms with Gasteiger partial charge in [0.15, 0.2) is 0 Å². The van der Waals surface area contributed by atoms with Gasteiger partial charge in [-0.1, -0.05) is 17.7 Å². The number of aromatic nitrogens is 6. The van der Waals surface area contributed by atoms with Crippen LogP contribution in [0.15, 0.2) is 54.9 Å². The standard InChI is InChI=1S/C22H21ClN8O2/c1-13-9-14(2)31(27-13)15(3)21(32)26-20-8-7-17(11-19(20)23)25-22(33)16-5-4-6-18(10-16)30-12-24-28-29-30/h4-12,15H,1-3H3,(H,25,33)(H,26,32). The van der Waals surface area contributed by atoms with Crippen LogP contribution in [-0.4, -0.2) is 41.8 Å². The van der Waals surface area contributed by atoms with Crippen LogP contribution >= 0.6 is 11.6 Å². The van der Waals surface area contributed by atoms with E-state index in [4.69, 9.17) is 11.6 Å². The summed E-state index contributed by atoms with van der Waals surface area (Å²) in [6, 6.07) is 13.2. The van der Waals surface area contributed by atoms with Gasteiger partial charge < -0.3 is 10.6 Å². The maximum atomic E-state index is 12.7. The van der Waals surface area contributed by atoms with Gasteiger partial charge in [0.2, 0.25) is 5.91 Å². The van der Waals surface area contributed by atoms with E-state index in [1.807, 2.05) is 19.9 Å². The summed E-state index contributed by atoms with van der Waals surface area (Å²) >= 11 is 6.37. The Kier molecular flexibility index (Phi) is 6.18. The van der Waals surface area contributed by atoms with Crippen molar-refractivity contribution >= 4 is 34.8 Å². The molecule has 2 heterocycles. The number of aryl methyl sites for hydroxylation is 2. The molecule has 4 rings (SSSR count). The predicted octanol–water partition coefficient (Wildman–Crippen LogP) is 3.58. The van der Waals surface area contributed by atoms with E-state index in [9.17, 15) is 9.59 Å². The highest BCUT2D eigenvalue weighted by atomic mass is 35.5. The van der Waals surface area contributed by atoms with E-state index in [-0.39, 0.29) is 11.8 Å². The number of hydrogen-bond acceptors (Lipinski definition) is 6. The van der Waals surface area contributed by atoms with Crippen molar-refractivity contribution in [3.05, 3.63) is 76.8 Å². The highest BCUT2D eigenvalue weighted by molar-refractivity contribution is 6.34. The molecule has 2 amide bonds. The Hall–Kier alpha value is -4.05. The van der Waals surface area contributed by atoms with Crippen LogP contribution in [0.1, 0.15) is 34.7 Å². The first-order valence-electron chi connectivity index (χ1n) is 10.1. The van der Waals surface area contributed by atoms with Gasteiger partial charge in [-0.15, -0.1) is 5.10 Å². The Morgan fingerprint density at radius 1 is 1.06 bits per heavy atom. The molecule has 0 fully saturated rings. The number of benzene rings is 2. The lowest BCUT2D eigenvalue weighted by atomic mass is 10.2. The molecule has 10 nitrogen and oxygen atoms in total. The molecule has 0 saturated heterocycles. The molecule has 0 saturated carbocycles. The maximum Gasteiger partial charge on any atom is 0.255 e. The minimum atomic E-state index is -0.512. The molecule has 11 heteroatoms. The molecule has 168 valence electrons. The number of rotatable bonds is 6. The quantitative estimate of drug-likeness (QED) is 0.450. The summed E-state index contributed by atoms with van der Waals surface area (Å²) in [6.07, 6.45) is 1.44. The van der Waals surface area contributed by atoms with Gasteiger partial charge in [0.05, 0.1) is 22.1 Å². The number of nitrogens with zero attached hydrogens (tertiary/aromatic N) is 6. The highest BCUT2D eigenvalue weighted by Crippen LogP contribution is 2.27. The van der Waals surface area contributed by atoms with Gasteiger partial charge in [-0.05, 0) is 73.7 Å². The summed E-state index contributed by atoms with van der Waals surface area (Å²) < 4.78 is 3.12. The number of nitrogens with one attached hydrogen (secondary N) is 2. The fourth-order valence-electron chi connectivity index (χ4n) is 3.35. The summed E-state index contributed by atoms with van der Waals surface area (Å²) in [5.74, 6) is -0.574. The zero-order valence-corrected chi connectivity index (χ0v) is 18.9. The third kappa shape index (κ3) is 4.90. The van der Waals surface area contributed by atoms with Crippen molar-refractivity contribution in [3.63, 3.8) is 0 Å². The van der Waals surface area contributed by atoms with E-state index in [1.54, 1.807) is 54.1 Å². The van der Waals surface area contributed by atoms with E-state index in [1.165, 1.54) is 11.0 Å². The van der Waals surface area contributed by atoms with E-state index in [2.05, 4.69) is 31.3 Å². The topological polar surface area (TPSA) is 120 Å². The minimum Gasteiger partial charge on any atom is -0.323 e. The van der Waals surface area contributed by atoms with Crippen molar-refractivity contribution in [3.8, 4) is 5.69 Å². The molecule has 4 aromatic rings. The van der Waals surface area contributed by atoms with Gasteiger partial charge in [-0.2, -0.15) is 5.10 Å². The predicted molar refractivity (Wildman–Crippen MR) is 124 cm³/mol. The van der Waals surface area contributed by atoms with Crippen molar-refractivity contribution in [2.75, 3.05) is 10.6 Å². The maximum absolute atomic E-state index is 12.7. The second-order valence-corrected chi connectivity index (χ2v) is 7.90. The summed E-state index contributed by atoms with van der Waals surface area (Å²) in [4.78, 5) is 25.4. The summed E-state index contributed by atoms with van der Waals surface area (Å²) in [6.45, 7) is 5.54. The summed E-state index contributed by atoms with van der Waals surface area (Å²) in [5, 5.41) is 21.3. The van der Waals surface area contributed by atoms with Crippen molar-refractivity contribution in [2.24, 2.45) is 0 Å². The molecule has 1 unspecified atom stereocenters. The molecule has 0 aliphatic rings. The molecule has 2 aromatic carbocycles. The first-order valence-corrected chi connectivity index (χ1v) is 10.5. The number of halogens is 1. The van der Waals surface area contributed by atoms with Crippen molar-refractivity contribution in [1.82, 2.24) is 30.0 Å². The van der Waals surface area contributed by atoms with Crippen molar-refractivity contribution < 1.29 is 9.59 Å². The number of tetrazole rings is 1. The number of anilines is 2. The van der Waals surface area contributed by atoms with Gasteiger partial charge in [0.25, 0.3) is 5.91 Å². The fourth-order valence-corrected chi connectivity index (χ4v) is 3.58. The van der Waals surface area contributed by atoms with Crippen LogP contribution in [0.25, 0.3) is 5.69 Å². The number of amides is 2. The third-order valence-corrected chi connectivity index (χ3v) is 5.31. The van der Waals surface area contributed by atoms with Crippen LogP contribution in [-0.2, 0) is 4.79 Å². The Balaban J connectivity index is 1.44. The van der Waals surface area contributed by atoms with Crippen LogP contribution in [0, 0.1) is 13.8 Å². The SMILES string of the molecule is Cc1cc(C)n(C(C)C(=O)Nc2ccc(NC(=O)c3cccc(-n4cnnn4)c3)cc2Cl)n1. The molecule has 0 spiro atoms. The Morgan fingerprint density at radius 2 is 1.88 bits per heavy atom. The average molecular weight is 465 g/mol. The van der Waals surface area contributed by atoms with Crippen LogP contribution < -0.4 is 10.6 Å². The molecule has 2 N–H and O–H groups in total. The fraction of sp³-hybridized carbons (Fsp3) is 0.182. The van der Waals surface area contributed by atoms with Crippen molar-refractivity contribution in [1.29, 1.82) is 0 Å². The smallest absolute Gasteiger partial charge is 0.255 e. The summed E-state index contributed by atoms with van der Waals surface area (Å²) in [5.41, 5.74) is 3.74. The second kappa shape index (κ2) is 9.21. The normalized spacial score (nSPS) is 11.8. The molecule has 2 aromatic heterocycles. The van der Waals surface area contributed by atoms with Gasteiger partial charge in [-0.25, -0.2) is 4.68 Å². The molecule has 0 bridgehead atoms. The zero-order chi connectivity index (χ0) is 23.5. The van der Waals surface area contributed by atoms with E-state index in [0.717, 1.165) is 11.4 Å². The van der Waals surface area contributed by atoms with Crippen LogP contribution in [0.2, 0.25) is 5.02 Å². The van der Waals surface area contributed by atoms with Gasteiger partial charge in [0, 0.05) is 16.9 Å². The lowest BCUT2D eigenvalue weighted by Gasteiger charge is -2.16. The number of hydrogen-bond donors (Lipinski definition) is 2. The first-order chi connectivity index (χ1) is 15.8. The third-order valence-electron chi connectivity index (χ3n) is 5.00. The van der Waals surface area contributed by atoms with Gasteiger partial charge in [0.1, 0.15) is 12.4 Å². The van der Waals surface area contributed by atoms with E-state index in [0.29, 0.717) is 27.6 Å². The Morgan fingerprint density at radius 3 is 2.55 bits per heavy atom. The molecule has 33 heavy (non-hydrogen) atoms. The average Bonchev–Trinajstić information content (AvgIpc) is 3.44. The van der Waals surface area contributed by atoms with Crippen LogP contribution in [0.5, 0.6) is 0 Å². The van der Waals surface area contributed by atoms with Crippen molar-refractivity contribution in [2.45, 2.75) is 26.8 Å². The molecule has 0 aliphatic carbocycles. The van der Waals surface area contributed by atoms with Crippen LogP contribution in [0.4, 0.5) is 11.4 Å². The minimum absolute atomic E-state index is 0.251. The molecule has 0 radical (unpaired) electrons. The lowest BCUT2D eigenvalue weighted by molar-refractivity contribution is -0.119. The van der Waals surface area contributed by atoms with Gasteiger partial charge >= 0.3 is 0 Å². The second-order valence-electron chi connectivity index (χ2n) is 7.49. The van der Waals surface area contributed by atoms with Crippen LogP contribution in [0.3, 0.4) is 0 Å². The first kappa shape index (κ1) is 22.2. The lowest BCUT2D eigenvalue weighted by Crippen LogP contribution is -2.25. The highest BCUT2D eigenvalue weighted by Gasteiger charge is 2.19. The largest absolute Gasteiger partial charge is 0.323 e. The molecule has 0 aliphatic heterocycles. The summed E-state index contributed by atoms with van der Waals surface area (Å²) in [7, 11) is 0. The molecular formula is C22H21ClN8O2.